The van der Waals surface area contributed by atoms with Crippen molar-refractivity contribution in [1.82, 2.24) is 0 Å². The van der Waals surface area contributed by atoms with Gasteiger partial charge in [0.05, 0.1) is 5.75 Å². The SMILES string of the molecule is Cc1cccc(CC(=O)CSC2CCCCC2)c1. The molecule has 0 atom stereocenters. The Labute approximate surface area is 114 Å². The van der Waals surface area contributed by atoms with Crippen LogP contribution in [0, 0.1) is 6.92 Å². The lowest BCUT2D eigenvalue weighted by Crippen LogP contribution is -2.13. The number of rotatable bonds is 5. The van der Waals surface area contributed by atoms with E-state index in [2.05, 4.69) is 25.1 Å². The molecule has 0 aromatic heterocycles. The molecule has 1 aliphatic rings. The van der Waals surface area contributed by atoms with Crippen LogP contribution in [0.1, 0.15) is 43.2 Å². The van der Waals surface area contributed by atoms with Gasteiger partial charge in [0.25, 0.3) is 0 Å². The fourth-order valence-electron chi connectivity index (χ4n) is 2.54. The molecule has 1 aromatic rings. The summed E-state index contributed by atoms with van der Waals surface area (Å²) in [4.78, 5) is 11.9. The monoisotopic (exact) mass is 262 g/mol. The van der Waals surface area contributed by atoms with Crippen molar-refractivity contribution in [2.75, 3.05) is 5.75 Å². The lowest BCUT2D eigenvalue weighted by molar-refractivity contribution is -0.116. The third kappa shape index (κ3) is 4.49. The summed E-state index contributed by atoms with van der Waals surface area (Å²) in [7, 11) is 0. The van der Waals surface area contributed by atoms with Gasteiger partial charge in [0.1, 0.15) is 5.78 Å². The van der Waals surface area contributed by atoms with Gasteiger partial charge in [0.15, 0.2) is 0 Å². The molecular formula is C16H22OS. The third-order valence-corrected chi connectivity index (χ3v) is 4.95. The number of benzene rings is 1. The smallest absolute Gasteiger partial charge is 0.147 e. The number of hydrogen-bond donors (Lipinski definition) is 0. The molecule has 0 unspecified atom stereocenters. The first-order valence-electron chi connectivity index (χ1n) is 6.93. The molecule has 0 heterocycles. The molecule has 1 fully saturated rings. The molecular weight excluding hydrogens is 240 g/mol. The molecule has 0 spiro atoms. The molecule has 98 valence electrons. The fourth-order valence-corrected chi connectivity index (χ4v) is 3.73. The molecule has 0 radical (unpaired) electrons. The van der Waals surface area contributed by atoms with E-state index < -0.39 is 0 Å². The number of carbonyl (C=O) groups is 1. The van der Waals surface area contributed by atoms with E-state index in [4.69, 9.17) is 0 Å². The van der Waals surface area contributed by atoms with Crippen molar-refractivity contribution >= 4 is 17.5 Å². The first kappa shape index (κ1) is 13.7. The van der Waals surface area contributed by atoms with Crippen LogP contribution in [0.25, 0.3) is 0 Å². The Balaban J connectivity index is 1.74. The van der Waals surface area contributed by atoms with Gasteiger partial charge in [0, 0.05) is 11.7 Å². The van der Waals surface area contributed by atoms with Crippen molar-refractivity contribution in [2.24, 2.45) is 0 Å². The van der Waals surface area contributed by atoms with Crippen LogP contribution in [-0.2, 0) is 11.2 Å². The quantitative estimate of drug-likeness (QED) is 0.792. The predicted octanol–water partition coefficient (Wildman–Crippen LogP) is 4.17. The number of thioether (sulfide) groups is 1. The Bertz CT molecular complexity index is 394. The van der Waals surface area contributed by atoms with Crippen LogP contribution in [0.5, 0.6) is 0 Å². The van der Waals surface area contributed by atoms with Gasteiger partial charge >= 0.3 is 0 Å². The first-order valence-corrected chi connectivity index (χ1v) is 7.98. The second kappa shape index (κ2) is 6.98. The molecule has 0 saturated heterocycles. The Morgan fingerprint density at radius 2 is 2.06 bits per heavy atom. The molecule has 2 rings (SSSR count). The highest BCUT2D eigenvalue weighted by Crippen LogP contribution is 2.28. The van der Waals surface area contributed by atoms with Gasteiger partial charge < -0.3 is 0 Å². The van der Waals surface area contributed by atoms with Crippen molar-refractivity contribution < 1.29 is 4.79 Å². The van der Waals surface area contributed by atoms with E-state index in [1.807, 2.05) is 17.8 Å². The molecule has 2 heteroatoms. The Hall–Kier alpha value is -0.760. The summed E-state index contributed by atoms with van der Waals surface area (Å²) in [5.74, 6) is 1.06. The highest BCUT2D eigenvalue weighted by molar-refractivity contribution is 8.00. The minimum Gasteiger partial charge on any atom is -0.298 e. The average molecular weight is 262 g/mol. The Morgan fingerprint density at radius 3 is 2.78 bits per heavy atom. The van der Waals surface area contributed by atoms with Crippen LogP contribution < -0.4 is 0 Å². The molecule has 18 heavy (non-hydrogen) atoms. The maximum atomic E-state index is 11.9. The zero-order valence-electron chi connectivity index (χ0n) is 11.2. The van der Waals surface area contributed by atoms with E-state index in [1.165, 1.54) is 37.7 Å². The maximum Gasteiger partial charge on any atom is 0.147 e. The van der Waals surface area contributed by atoms with Crippen LogP contribution in [0.2, 0.25) is 0 Å². The molecule has 1 aromatic carbocycles. The summed E-state index contributed by atoms with van der Waals surface area (Å²) in [5, 5.41) is 0.736. The summed E-state index contributed by atoms with van der Waals surface area (Å²) >= 11 is 1.88. The van der Waals surface area contributed by atoms with E-state index >= 15 is 0 Å². The number of hydrogen-bond acceptors (Lipinski definition) is 2. The maximum absolute atomic E-state index is 11.9. The van der Waals surface area contributed by atoms with Crippen LogP contribution in [-0.4, -0.2) is 16.8 Å². The summed E-state index contributed by atoms with van der Waals surface area (Å²) < 4.78 is 0. The van der Waals surface area contributed by atoms with Gasteiger partial charge in [-0.15, -0.1) is 0 Å². The number of carbonyl (C=O) groups excluding carboxylic acids is 1. The van der Waals surface area contributed by atoms with Crippen molar-refractivity contribution in [2.45, 2.75) is 50.7 Å². The molecule has 0 bridgehead atoms. The van der Waals surface area contributed by atoms with Crippen molar-refractivity contribution in [3.8, 4) is 0 Å². The minimum atomic E-state index is 0.371. The molecule has 0 amide bonds. The summed E-state index contributed by atoms with van der Waals surface area (Å²) in [5.41, 5.74) is 2.39. The van der Waals surface area contributed by atoms with E-state index in [1.54, 1.807) is 0 Å². The lowest BCUT2D eigenvalue weighted by Gasteiger charge is -2.20. The number of Topliss-reactive ketones (excluding diaryl/α,β-unsaturated/α-hetero) is 1. The van der Waals surface area contributed by atoms with Crippen molar-refractivity contribution in [3.63, 3.8) is 0 Å². The van der Waals surface area contributed by atoms with Gasteiger partial charge in [-0.1, -0.05) is 49.1 Å². The van der Waals surface area contributed by atoms with Gasteiger partial charge in [-0.25, -0.2) is 0 Å². The molecule has 0 N–H and O–H groups in total. The van der Waals surface area contributed by atoms with Crippen molar-refractivity contribution in [1.29, 1.82) is 0 Å². The van der Waals surface area contributed by atoms with E-state index in [9.17, 15) is 4.79 Å². The Kier molecular flexibility index (Phi) is 5.30. The summed E-state index contributed by atoms with van der Waals surface area (Å²) in [6.45, 7) is 2.07. The summed E-state index contributed by atoms with van der Waals surface area (Å²) in [6.07, 6.45) is 7.30. The number of ketones is 1. The van der Waals surface area contributed by atoms with Gasteiger partial charge in [0.2, 0.25) is 0 Å². The molecule has 0 aliphatic heterocycles. The van der Waals surface area contributed by atoms with Crippen LogP contribution in [0.15, 0.2) is 24.3 Å². The molecule has 1 nitrogen and oxygen atoms in total. The first-order chi connectivity index (χ1) is 8.74. The van der Waals surface area contributed by atoms with Gasteiger partial charge in [-0.05, 0) is 25.3 Å². The average Bonchev–Trinajstić information content (AvgIpc) is 2.38. The number of aryl methyl sites for hydroxylation is 1. The second-order valence-corrected chi connectivity index (χ2v) is 6.56. The second-order valence-electron chi connectivity index (χ2n) is 5.28. The highest BCUT2D eigenvalue weighted by Gasteiger charge is 2.15. The van der Waals surface area contributed by atoms with Crippen LogP contribution in [0.4, 0.5) is 0 Å². The molecule has 1 saturated carbocycles. The summed E-state index contributed by atoms with van der Waals surface area (Å²) in [6, 6.07) is 8.27. The minimum absolute atomic E-state index is 0.371. The third-order valence-electron chi connectivity index (χ3n) is 3.52. The van der Waals surface area contributed by atoms with Gasteiger partial charge in [-0.3, -0.25) is 4.79 Å². The van der Waals surface area contributed by atoms with E-state index in [0.717, 1.165) is 10.8 Å². The zero-order chi connectivity index (χ0) is 12.8. The van der Waals surface area contributed by atoms with Crippen molar-refractivity contribution in [3.05, 3.63) is 35.4 Å². The lowest BCUT2D eigenvalue weighted by atomic mass is 10.0. The highest BCUT2D eigenvalue weighted by atomic mass is 32.2. The predicted molar refractivity (Wildman–Crippen MR) is 79.2 cm³/mol. The fraction of sp³-hybridized carbons (Fsp3) is 0.562. The Morgan fingerprint density at radius 1 is 1.28 bits per heavy atom. The van der Waals surface area contributed by atoms with E-state index in [-0.39, 0.29) is 0 Å². The molecule has 1 aliphatic carbocycles. The zero-order valence-corrected chi connectivity index (χ0v) is 12.0. The van der Waals surface area contributed by atoms with Crippen LogP contribution >= 0.6 is 11.8 Å². The van der Waals surface area contributed by atoms with E-state index in [0.29, 0.717) is 18.0 Å². The topological polar surface area (TPSA) is 17.1 Å². The normalized spacial score (nSPS) is 16.7. The largest absolute Gasteiger partial charge is 0.298 e. The standard InChI is InChI=1S/C16H22OS/c1-13-6-5-7-14(10-13)11-15(17)12-18-16-8-3-2-4-9-16/h5-7,10,16H,2-4,8-9,11-12H2,1H3. The van der Waals surface area contributed by atoms with Gasteiger partial charge in [-0.2, -0.15) is 11.8 Å². The van der Waals surface area contributed by atoms with Crippen LogP contribution in [0.3, 0.4) is 0 Å².